The fourth-order valence-electron chi connectivity index (χ4n) is 2.09. The lowest BCUT2D eigenvalue weighted by molar-refractivity contribution is -0.384. The molecule has 126 valence electrons. The summed E-state index contributed by atoms with van der Waals surface area (Å²) in [4.78, 5) is 22.0. The number of hydrogen-bond donors (Lipinski definition) is 3. The van der Waals surface area contributed by atoms with Gasteiger partial charge in [-0.15, -0.1) is 0 Å². The van der Waals surface area contributed by atoms with Gasteiger partial charge in [-0.05, 0) is 36.2 Å². The molecular weight excluding hydrogens is 317 g/mol. The molecule has 2 aromatic carbocycles. The van der Waals surface area contributed by atoms with Crippen molar-refractivity contribution >= 4 is 17.4 Å². The van der Waals surface area contributed by atoms with Gasteiger partial charge in [0.2, 0.25) is 0 Å². The van der Waals surface area contributed by atoms with E-state index in [9.17, 15) is 24.4 Å². The number of halogens is 1. The second-order valence-electron chi connectivity index (χ2n) is 5.16. The van der Waals surface area contributed by atoms with Crippen molar-refractivity contribution in [3.63, 3.8) is 0 Å². The molecule has 0 radical (unpaired) electrons. The first-order chi connectivity index (χ1) is 11.4. The molecule has 0 bridgehead atoms. The van der Waals surface area contributed by atoms with Gasteiger partial charge >= 0.3 is 6.03 Å². The highest BCUT2D eigenvalue weighted by molar-refractivity contribution is 5.90. The molecule has 0 unspecified atom stereocenters. The predicted molar refractivity (Wildman–Crippen MR) is 86.2 cm³/mol. The Morgan fingerprint density at radius 1 is 1.33 bits per heavy atom. The predicted octanol–water partition coefficient (Wildman–Crippen LogP) is 2.90. The van der Waals surface area contributed by atoms with E-state index in [2.05, 4.69) is 10.6 Å². The van der Waals surface area contributed by atoms with Crippen molar-refractivity contribution in [3.05, 3.63) is 69.5 Å². The molecule has 3 N–H and O–H groups in total. The lowest BCUT2D eigenvalue weighted by atomic mass is 10.1. The second-order valence-corrected chi connectivity index (χ2v) is 5.16. The summed E-state index contributed by atoms with van der Waals surface area (Å²) in [7, 11) is 0. The molecule has 0 saturated carbocycles. The van der Waals surface area contributed by atoms with Crippen LogP contribution in [0.3, 0.4) is 0 Å². The average molecular weight is 333 g/mol. The van der Waals surface area contributed by atoms with Crippen molar-refractivity contribution in [2.45, 2.75) is 13.0 Å². The number of aliphatic hydroxyl groups is 1. The minimum absolute atomic E-state index is 0.0695. The molecule has 0 aliphatic carbocycles. The highest BCUT2D eigenvalue weighted by atomic mass is 19.1. The molecule has 0 fully saturated rings. The van der Waals surface area contributed by atoms with Crippen molar-refractivity contribution in [1.29, 1.82) is 0 Å². The van der Waals surface area contributed by atoms with E-state index < -0.39 is 22.9 Å². The number of carbonyl (C=O) groups excluding carboxylic acids is 1. The zero-order valence-electron chi connectivity index (χ0n) is 12.8. The SMILES string of the molecule is Cc1cc([N+](=O)[O-])ccc1NC(=O)NC[C@@H](O)c1cccc(F)c1. The Labute approximate surface area is 137 Å². The quantitative estimate of drug-likeness (QED) is 0.578. The zero-order valence-corrected chi connectivity index (χ0v) is 12.8. The summed E-state index contributed by atoms with van der Waals surface area (Å²) >= 11 is 0. The maximum atomic E-state index is 13.1. The van der Waals surface area contributed by atoms with E-state index in [-0.39, 0.29) is 12.2 Å². The van der Waals surface area contributed by atoms with Gasteiger partial charge in [-0.25, -0.2) is 9.18 Å². The van der Waals surface area contributed by atoms with Gasteiger partial charge in [-0.3, -0.25) is 10.1 Å². The van der Waals surface area contributed by atoms with Crippen molar-refractivity contribution in [1.82, 2.24) is 5.32 Å². The number of rotatable bonds is 5. The Bertz CT molecular complexity index is 767. The van der Waals surface area contributed by atoms with Crippen LogP contribution in [0.5, 0.6) is 0 Å². The number of non-ortho nitro benzene ring substituents is 1. The summed E-state index contributed by atoms with van der Waals surface area (Å²) in [6.45, 7) is 1.52. The monoisotopic (exact) mass is 333 g/mol. The molecule has 2 rings (SSSR count). The van der Waals surface area contributed by atoms with Crippen LogP contribution in [0.15, 0.2) is 42.5 Å². The number of benzene rings is 2. The first-order valence-corrected chi connectivity index (χ1v) is 7.10. The molecule has 0 heterocycles. The van der Waals surface area contributed by atoms with E-state index in [0.29, 0.717) is 16.8 Å². The summed E-state index contributed by atoms with van der Waals surface area (Å²) in [6, 6.07) is 8.93. The third-order valence-corrected chi connectivity index (χ3v) is 3.36. The number of nitrogens with zero attached hydrogens (tertiary/aromatic N) is 1. The fourth-order valence-corrected chi connectivity index (χ4v) is 2.09. The first-order valence-electron chi connectivity index (χ1n) is 7.10. The molecule has 0 aliphatic heterocycles. The zero-order chi connectivity index (χ0) is 17.7. The van der Waals surface area contributed by atoms with Gasteiger partial charge in [0, 0.05) is 24.4 Å². The largest absolute Gasteiger partial charge is 0.387 e. The number of urea groups is 1. The number of amides is 2. The molecule has 0 spiro atoms. The van der Waals surface area contributed by atoms with E-state index in [1.165, 1.54) is 36.4 Å². The van der Waals surface area contributed by atoms with Crippen LogP contribution in [0.4, 0.5) is 20.6 Å². The maximum Gasteiger partial charge on any atom is 0.319 e. The normalized spacial score (nSPS) is 11.6. The van der Waals surface area contributed by atoms with E-state index in [1.807, 2.05) is 0 Å². The van der Waals surface area contributed by atoms with Gasteiger partial charge in [0.1, 0.15) is 5.82 Å². The number of anilines is 1. The van der Waals surface area contributed by atoms with Crippen molar-refractivity contribution in [2.24, 2.45) is 0 Å². The number of hydrogen-bond acceptors (Lipinski definition) is 4. The minimum atomic E-state index is -1.05. The van der Waals surface area contributed by atoms with E-state index in [1.54, 1.807) is 13.0 Å². The number of aryl methyl sites for hydroxylation is 1. The number of nitrogens with one attached hydrogen (secondary N) is 2. The van der Waals surface area contributed by atoms with Gasteiger partial charge in [-0.1, -0.05) is 12.1 Å². The molecule has 1 atom stereocenters. The maximum absolute atomic E-state index is 13.1. The topological polar surface area (TPSA) is 105 Å². The summed E-state index contributed by atoms with van der Waals surface area (Å²) in [5.41, 5.74) is 1.23. The molecule has 24 heavy (non-hydrogen) atoms. The highest BCUT2D eigenvalue weighted by Crippen LogP contribution is 2.21. The van der Waals surface area contributed by atoms with Gasteiger partial charge in [-0.2, -0.15) is 0 Å². The summed E-state index contributed by atoms with van der Waals surface area (Å²) in [5.74, 6) is -0.475. The standard InChI is InChI=1S/C16H16FN3O4/c1-10-7-13(20(23)24)5-6-14(10)19-16(22)18-9-15(21)11-3-2-4-12(17)8-11/h2-8,15,21H,9H2,1H3,(H2,18,19,22)/t15-/m1/s1. The van der Waals surface area contributed by atoms with Crippen molar-refractivity contribution < 1.29 is 19.2 Å². The fraction of sp³-hybridized carbons (Fsp3) is 0.188. The van der Waals surface area contributed by atoms with Crippen LogP contribution in [0.2, 0.25) is 0 Å². The van der Waals surface area contributed by atoms with Crippen LogP contribution in [0.1, 0.15) is 17.2 Å². The van der Waals surface area contributed by atoms with Gasteiger partial charge in [0.05, 0.1) is 11.0 Å². The van der Waals surface area contributed by atoms with E-state index >= 15 is 0 Å². The van der Waals surface area contributed by atoms with Gasteiger partial charge < -0.3 is 15.7 Å². The second kappa shape index (κ2) is 7.51. The minimum Gasteiger partial charge on any atom is -0.387 e. The lowest BCUT2D eigenvalue weighted by Crippen LogP contribution is -2.32. The first kappa shape index (κ1) is 17.4. The van der Waals surface area contributed by atoms with Crippen molar-refractivity contribution in [2.75, 3.05) is 11.9 Å². The van der Waals surface area contributed by atoms with Crippen LogP contribution >= 0.6 is 0 Å². The molecule has 0 aliphatic rings. The average Bonchev–Trinajstić information content (AvgIpc) is 2.54. The van der Waals surface area contributed by atoms with E-state index in [4.69, 9.17) is 0 Å². The molecule has 0 aromatic heterocycles. The van der Waals surface area contributed by atoms with Crippen LogP contribution in [-0.2, 0) is 0 Å². The third-order valence-electron chi connectivity index (χ3n) is 3.36. The Balaban J connectivity index is 1.93. The number of nitro groups is 1. The van der Waals surface area contributed by atoms with Crippen LogP contribution in [0.25, 0.3) is 0 Å². The summed E-state index contributed by atoms with van der Waals surface area (Å²) in [6.07, 6.45) is -1.05. The number of nitro benzene ring substituents is 1. The van der Waals surface area contributed by atoms with E-state index in [0.717, 1.165) is 0 Å². The third kappa shape index (κ3) is 4.50. The summed E-state index contributed by atoms with van der Waals surface area (Å²) < 4.78 is 13.1. The van der Waals surface area contributed by atoms with Gasteiger partial charge in [0.25, 0.3) is 5.69 Å². The Morgan fingerprint density at radius 2 is 2.08 bits per heavy atom. The molecule has 7 nitrogen and oxygen atoms in total. The van der Waals surface area contributed by atoms with Crippen LogP contribution in [-0.4, -0.2) is 22.6 Å². The Kier molecular flexibility index (Phi) is 5.43. The van der Waals surface area contributed by atoms with Crippen LogP contribution < -0.4 is 10.6 Å². The number of aliphatic hydroxyl groups excluding tert-OH is 1. The summed E-state index contributed by atoms with van der Waals surface area (Å²) in [5, 5.41) is 25.6. The lowest BCUT2D eigenvalue weighted by Gasteiger charge is -2.14. The highest BCUT2D eigenvalue weighted by Gasteiger charge is 2.12. The molecule has 2 amide bonds. The molecular formula is C16H16FN3O4. The smallest absolute Gasteiger partial charge is 0.319 e. The Hall–Kier alpha value is -3.00. The van der Waals surface area contributed by atoms with Gasteiger partial charge in [0.15, 0.2) is 0 Å². The Morgan fingerprint density at radius 3 is 2.71 bits per heavy atom. The van der Waals surface area contributed by atoms with Crippen LogP contribution in [0, 0.1) is 22.9 Å². The van der Waals surface area contributed by atoms with Crippen molar-refractivity contribution in [3.8, 4) is 0 Å². The number of carbonyl (C=O) groups is 1. The molecule has 2 aromatic rings. The molecule has 8 heteroatoms. The molecule has 0 saturated heterocycles.